The first-order valence-corrected chi connectivity index (χ1v) is 7.51. The molecule has 1 fully saturated rings. The first kappa shape index (κ1) is 18.1. The highest BCUT2D eigenvalue weighted by molar-refractivity contribution is 6.15. The molecule has 0 spiro atoms. The molecule has 0 aliphatic carbocycles. The fraction of sp³-hybridized carbons (Fsp3) is 0.235. The fourth-order valence-electron chi connectivity index (χ4n) is 2.36. The highest BCUT2D eigenvalue weighted by Crippen LogP contribution is 2.33. The minimum absolute atomic E-state index is 0.0238. The van der Waals surface area contributed by atoms with Crippen LogP contribution in [0.3, 0.4) is 0 Å². The number of carbonyl (C=O) groups is 3. The summed E-state index contributed by atoms with van der Waals surface area (Å²) in [4.78, 5) is 35.0. The highest BCUT2D eigenvalue weighted by atomic mass is 16.5. The lowest BCUT2D eigenvalue weighted by Gasteiger charge is -2.12. The molecule has 0 aromatic heterocycles. The van der Waals surface area contributed by atoms with E-state index in [2.05, 4.69) is 11.9 Å². The van der Waals surface area contributed by atoms with Gasteiger partial charge in [-0.1, -0.05) is 6.08 Å². The van der Waals surface area contributed by atoms with Gasteiger partial charge in [-0.2, -0.15) is 0 Å². The minimum Gasteiger partial charge on any atom is -0.548 e. The molecule has 0 radical (unpaired) electrons. The van der Waals surface area contributed by atoms with Gasteiger partial charge in [0, 0.05) is 5.56 Å². The second kappa shape index (κ2) is 7.52. The Morgan fingerprint density at radius 3 is 2.76 bits per heavy atom. The van der Waals surface area contributed by atoms with Crippen molar-refractivity contribution in [2.75, 3.05) is 13.2 Å². The summed E-state index contributed by atoms with van der Waals surface area (Å²) in [6.07, 6.45) is 3.36. The number of phenols is 1. The molecular formula is C17H17N2O6-. The molecule has 0 saturated carbocycles. The molecule has 0 bridgehead atoms. The molecular weight excluding hydrogens is 328 g/mol. The van der Waals surface area contributed by atoms with E-state index in [-0.39, 0.29) is 17.2 Å². The van der Waals surface area contributed by atoms with Crippen molar-refractivity contribution in [2.24, 2.45) is 0 Å². The average Bonchev–Trinajstić information content (AvgIpc) is 2.79. The number of carboxylic acid groups (broad SMARTS) is 1. The number of aliphatic carboxylic acids is 1. The molecule has 8 nitrogen and oxygen atoms in total. The number of amides is 3. The molecule has 132 valence electrons. The summed E-state index contributed by atoms with van der Waals surface area (Å²) >= 11 is 0. The van der Waals surface area contributed by atoms with Crippen molar-refractivity contribution in [2.45, 2.75) is 13.3 Å². The molecule has 1 aliphatic heterocycles. The van der Waals surface area contributed by atoms with E-state index in [0.29, 0.717) is 29.1 Å². The van der Waals surface area contributed by atoms with Crippen LogP contribution in [0.1, 0.15) is 18.1 Å². The van der Waals surface area contributed by atoms with Gasteiger partial charge in [-0.3, -0.25) is 9.69 Å². The first-order chi connectivity index (χ1) is 11.9. The third kappa shape index (κ3) is 3.97. The van der Waals surface area contributed by atoms with Crippen molar-refractivity contribution in [1.82, 2.24) is 10.2 Å². The molecule has 1 saturated heterocycles. The van der Waals surface area contributed by atoms with Gasteiger partial charge in [0.2, 0.25) is 0 Å². The Balaban J connectivity index is 2.39. The van der Waals surface area contributed by atoms with E-state index in [0.717, 1.165) is 0 Å². The lowest BCUT2D eigenvalue weighted by atomic mass is 10.0. The third-order valence-electron chi connectivity index (χ3n) is 3.40. The maximum absolute atomic E-state index is 12.1. The van der Waals surface area contributed by atoms with E-state index >= 15 is 0 Å². The van der Waals surface area contributed by atoms with Gasteiger partial charge in [-0.15, -0.1) is 6.58 Å². The number of nitrogens with one attached hydrogen (secondary N) is 1. The van der Waals surface area contributed by atoms with E-state index in [9.17, 15) is 24.6 Å². The summed E-state index contributed by atoms with van der Waals surface area (Å²) in [5, 5.41) is 23.1. The van der Waals surface area contributed by atoms with Crippen molar-refractivity contribution in [3.05, 3.63) is 41.6 Å². The zero-order valence-electron chi connectivity index (χ0n) is 13.6. The van der Waals surface area contributed by atoms with Gasteiger partial charge >= 0.3 is 6.03 Å². The zero-order chi connectivity index (χ0) is 18.6. The Bertz CT molecular complexity index is 769. The Labute approximate surface area is 144 Å². The first-order valence-electron chi connectivity index (χ1n) is 7.51. The number of nitrogens with zero attached hydrogens (tertiary/aromatic N) is 1. The van der Waals surface area contributed by atoms with Crippen LogP contribution < -0.4 is 15.2 Å². The van der Waals surface area contributed by atoms with Gasteiger partial charge in [-0.05, 0) is 37.1 Å². The molecule has 1 aromatic carbocycles. The van der Waals surface area contributed by atoms with E-state index in [4.69, 9.17) is 4.74 Å². The predicted molar refractivity (Wildman–Crippen MR) is 86.4 cm³/mol. The maximum Gasteiger partial charge on any atom is 0.329 e. The van der Waals surface area contributed by atoms with Crippen LogP contribution in [0.15, 0.2) is 30.5 Å². The van der Waals surface area contributed by atoms with E-state index < -0.39 is 24.5 Å². The highest BCUT2D eigenvalue weighted by Gasteiger charge is 2.33. The Morgan fingerprint density at radius 1 is 1.44 bits per heavy atom. The molecule has 2 N–H and O–H groups in total. The lowest BCUT2D eigenvalue weighted by Crippen LogP contribution is -2.41. The Morgan fingerprint density at radius 2 is 2.16 bits per heavy atom. The number of aromatic hydroxyl groups is 1. The summed E-state index contributed by atoms with van der Waals surface area (Å²) in [5.74, 6) is -2.10. The normalized spacial score (nSPS) is 15.4. The largest absolute Gasteiger partial charge is 0.548 e. The van der Waals surface area contributed by atoms with Gasteiger partial charge in [-0.25, -0.2) is 4.79 Å². The smallest absolute Gasteiger partial charge is 0.329 e. The van der Waals surface area contributed by atoms with Crippen molar-refractivity contribution >= 4 is 24.0 Å². The second-order valence-corrected chi connectivity index (χ2v) is 5.20. The van der Waals surface area contributed by atoms with Crippen LogP contribution in [0.2, 0.25) is 0 Å². The van der Waals surface area contributed by atoms with Gasteiger partial charge in [0.25, 0.3) is 5.91 Å². The molecule has 2 rings (SSSR count). The third-order valence-corrected chi connectivity index (χ3v) is 3.40. The number of urea groups is 1. The number of carbonyl (C=O) groups excluding carboxylic acids is 3. The van der Waals surface area contributed by atoms with Crippen molar-refractivity contribution in [3.63, 3.8) is 0 Å². The summed E-state index contributed by atoms with van der Waals surface area (Å²) in [7, 11) is 0. The number of allylic oxidation sites excluding steroid dienone is 1. The van der Waals surface area contributed by atoms with Crippen molar-refractivity contribution in [3.8, 4) is 11.5 Å². The molecule has 1 aliphatic rings. The predicted octanol–water partition coefficient (Wildman–Crippen LogP) is 0.162. The molecule has 8 heteroatoms. The number of hydrogen-bond acceptors (Lipinski definition) is 6. The van der Waals surface area contributed by atoms with E-state index in [1.807, 2.05) is 0 Å². The van der Waals surface area contributed by atoms with Crippen LogP contribution in [-0.4, -0.2) is 41.1 Å². The SMILES string of the molecule is C=CCc1cc(/C=C2/NC(=O)N(CC(=O)[O-])C2=O)cc(OCC)c1O. The molecule has 0 unspecified atom stereocenters. The van der Waals surface area contributed by atoms with Crippen LogP contribution in [0.25, 0.3) is 6.08 Å². The second-order valence-electron chi connectivity index (χ2n) is 5.20. The Kier molecular flexibility index (Phi) is 5.43. The molecule has 1 heterocycles. The number of phenolic OH excluding ortho intramolecular Hbond substituents is 1. The Hall–Kier alpha value is -3.29. The van der Waals surface area contributed by atoms with Gasteiger partial charge in [0.1, 0.15) is 5.70 Å². The molecule has 3 amide bonds. The van der Waals surface area contributed by atoms with Gasteiger partial charge in [0.05, 0.1) is 19.1 Å². The van der Waals surface area contributed by atoms with E-state index in [1.54, 1.807) is 19.1 Å². The number of carboxylic acids is 1. The number of hydrogen-bond donors (Lipinski definition) is 2. The minimum atomic E-state index is -1.54. The quantitative estimate of drug-likeness (QED) is 0.413. The van der Waals surface area contributed by atoms with Crippen LogP contribution >= 0.6 is 0 Å². The monoisotopic (exact) mass is 345 g/mol. The van der Waals surface area contributed by atoms with Gasteiger partial charge < -0.3 is 25.1 Å². The summed E-state index contributed by atoms with van der Waals surface area (Å²) in [5.41, 5.74) is 0.956. The summed E-state index contributed by atoms with van der Waals surface area (Å²) in [6, 6.07) is 2.29. The fourth-order valence-corrected chi connectivity index (χ4v) is 2.36. The van der Waals surface area contributed by atoms with Crippen molar-refractivity contribution in [1.29, 1.82) is 0 Å². The summed E-state index contributed by atoms with van der Waals surface area (Å²) < 4.78 is 5.37. The van der Waals surface area contributed by atoms with E-state index in [1.165, 1.54) is 12.1 Å². The van der Waals surface area contributed by atoms with Crippen LogP contribution in [-0.2, 0) is 16.0 Å². The molecule has 0 atom stereocenters. The lowest BCUT2D eigenvalue weighted by molar-refractivity contribution is -0.305. The van der Waals surface area contributed by atoms with Crippen LogP contribution in [0.5, 0.6) is 11.5 Å². The number of imide groups is 1. The number of benzene rings is 1. The standard InChI is InChI=1S/C17H18N2O6/c1-3-5-11-6-10(8-13(15(11)22)25-4-2)7-12-16(23)19(9-14(20)21)17(24)18-12/h3,6-8,22H,1,4-5,9H2,2H3,(H,18,24)(H,20,21)/p-1/b12-7+. The molecule has 25 heavy (non-hydrogen) atoms. The van der Waals surface area contributed by atoms with Crippen molar-refractivity contribution < 1.29 is 29.3 Å². The van der Waals surface area contributed by atoms with Gasteiger partial charge in [0.15, 0.2) is 11.5 Å². The zero-order valence-corrected chi connectivity index (χ0v) is 13.6. The number of rotatable bonds is 7. The average molecular weight is 345 g/mol. The topological polar surface area (TPSA) is 119 Å². The number of ether oxygens (including phenoxy) is 1. The maximum atomic E-state index is 12.1. The van der Waals surface area contributed by atoms with Crippen LogP contribution in [0, 0.1) is 0 Å². The summed E-state index contributed by atoms with van der Waals surface area (Å²) in [6.45, 7) is 4.88. The van der Waals surface area contributed by atoms with Crippen LogP contribution in [0.4, 0.5) is 4.79 Å². The molecule has 1 aromatic rings.